The number of ketones is 1. The zero-order valence-corrected chi connectivity index (χ0v) is 40.5. The average molecular weight is 853 g/mol. The average Bonchev–Trinajstić information content (AvgIpc) is 3.25. The van der Waals surface area contributed by atoms with E-state index in [-0.39, 0.29) is 5.78 Å². The fourth-order valence-corrected chi connectivity index (χ4v) is 12.7. The van der Waals surface area contributed by atoms with Crippen LogP contribution in [0.2, 0.25) is 0 Å². The van der Waals surface area contributed by atoms with E-state index < -0.39 is 0 Å². The summed E-state index contributed by atoms with van der Waals surface area (Å²) in [6, 6.07) is 17.8. The number of carbonyl (C=O) groups excluding carboxylic acids is 1. The van der Waals surface area contributed by atoms with E-state index in [0.717, 1.165) is 24.3 Å². The van der Waals surface area contributed by atoms with Gasteiger partial charge in [-0.3, -0.25) is 4.79 Å². The molecular weight excluding hydrogens is 765 g/mol. The Balaban J connectivity index is 2.08. The van der Waals surface area contributed by atoms with Gasteiger partial charge in [0, 0.05) is 21.3 Å². The summed E-state index contributed by atoms with van der Waals surface area (Å²) >= 11 is 6.92. The van der Waals surface area contributed by atoms with Crippen LogP contribution in [-0.2, 0) is 0 Å². The summed E-state index contributed by atoms with van der Waals surface area (Å²) in [5, 5.41) is 1.97. The van der Waals surface area contributed by atoms with Crippen molar-refractivity contribution < 1.29 is 9.53 Å². The summed E-state index contributed by atoms with van der Waals surface area (Å²) in [6.07, 6.45) is 40.6. The van der Waals surface area contributed by atoms with Crippen LogP contribution in [0.15, 0.2) is 60.7 Å². The monoisotopic (exact) mass is 853 g/mol. The van der Waals surface area contributed by atoms with E-state index in [2.05, 4.69) is 63.0 Å². The van der Waals surface area contributed by atoms with Crippen LogP contribution in [-0.4, -0.2) is 45.4 Å². The number of rotatable bonds is 41. The summed E-state index contributed by atoms with van der Waals surface area (Å²) in [4.78, 5) is 12.9. The van der Waals surface area contributed by atoms with Crippen molar-refractivity contribution in [1.82, 2.24) is 0 Å². The highest BCUT2D eigenvalue weighted by molar-refractivity contribution is 8.05. The van der Waals surface area contributed by atoms with E-state index in [1.165, 1.54) is 184 Å². The largest absolute Gasteiger partial charge is 0.494 e. The van der Waals surface area contributed by atoms with Crippen molar-refractivity contribution in [3.05, 3.63) is 71.8 Å². The predicted octanol–water partition coefficient (Wildman–Crippen LogP) is 17.9. The highest BCUT2D eigenvalue weighted by atomic mass is 32.2. The number of unbranched alkanes of at least 4 members (excludes halogenated alkanes) is 21. The Morgan fingerprint density at radius 3 is 1.43 bits per heavy atom. The van der Waals surface area contributed by atoms with Crippen molar-refractivity contribution in [1.29, 1.82) is 0 Å². The number of allylic oxidation sites excluding steroid dienone is 1. The lowest BCUT2D eigenvalue weighted by molar-refractivity contribution is 0.104. The molecule has 0 spiro atoms. The van der Waals surface area contributed by atoms with Gasteiger partial charge in [0.1, 0.15) is 5.75 Å². The van der Waals surface area contributed by atoms with Crippen LogP contribution < -0.4 is 4.74 Å². The van der Waals surface area contributed by atoms with Crippen LogP contribution in [0.5, 0.6) is 5.75 Å². The Bertz CT molecular complexity index is 1220. The van der Waals surface area contributed by atoms with Gasteiger partial charge in [-0.2, -0.15) is 35.3 Å². The highest BCUT2D eigenvalue weighted by Gasteiger charge is 2.30. The van der Waals surface area contributed by atoms with Crippen molar-refractivity contribution in [3.8, 4) is 5.75 Å². The van der Waals surface area contributed by atoms with Gasteiger partial charge in [-0.05, 0) is 85.3 Å². The third kappa shape index (κ3) is 27.5. The summed E-state index contributed by atoms with van der Waals surface area (Å²) < 4.78 is 6.48. The van der Waals surface area contributed by atoms with Crippen LogP contribution in [0, 0.1) is 0 Å². The number of carbonyl (C=O) groups is 1. The van der Waals surface area contributed by atoms with Crippen LogP contribution in [0.4, 0.5) is 0 Å². The Hall–Kier alpha value is -1.30. The molecule has 2 aromatic carbocycles. The van der Waals surface area contributed by atoms with Crippen LogP contribution >= 0.6 is 35.3 Å². The van der Waals surface area contributed by atoms with Crippen molar-refractivity contribution in [3.63, 3.8) is 0 Å². The van der Waals surface area contributed by atoms with E-state index in [1.807, 2.05) is 60.7 Å². The zero-order chi connectivity index (χ0) is 41.6. The molecular formula is C53H88O2S3. The smallest absolute Gasteiger partial charge is 0.185 e. The molecule has 0 saturated carbocycles. The van der Waals surface area contributed by atoms with Gasteiger partial charge in [0.25, 0.3) is 0 Å². The summed E-state index contributed by atoms with van der Waals surface area (Å²) in [6.45, 7) is 10.0. The topological polar surface area (TPSA) is 26.3 Å². The first-order valence-electron chi connectivity index (χ1n) is 24.5. The molecule has 0 aliphatic rings. The van der Waals surface area contributed by atoms with Crippen LogP contribution in [0.3, 0.4) is 0 Å². The normalized spacial score (nSPS) is 13.2. The van der Waals surface area contributed by atoms with Gasteiger partial charge in [0.05, 0.1) is 6.61 Å². The zero-order valence-electron chi connectivity index (χ0n) is 38.0. The second-order valence-electron chi connectivity index (χ2n) is 16.6. The third-order valence-corrected chi connectivity index (χ3v) is 16.2. The van der Waals surface area contributed by atoms with E-state index >= 15 is 0 Å². The summed E-state index contributed by atoms with van der Waals surface area (Å²) in [5.41, 5.74) is 1.74. The first kappa shape index (κ1) is 52.8. The number of thioether (sulfide) groups is 3. The molecule has 0 aliphatic carbocycles. The van der Waals surface area contributed by atoms with Crippen LogP contribution in [0.1, 0.15) is 217 Å². The van der Waals surface area contributed by atoms with Crippen molar-refractivity contribution in [2.45, 2.75) is 217 Å². The Labute approximate surface area is 372 Å². The fraction of sp³-hybridized carbons (Fsp3) is 0.717. The lowest BCUT2D eigenvalue weighted by Gasteiger charge is -2.33. The van der Waals surface area contributed by atoms with E-state index in [1.54, 1.807) is 6.08 Å². The van der Waals surface area contributed by atoms with Gasteiger partial charge in [-0.15, -0.1) is 0 Å². The molecule has 2 nitrogen and oxygen atoms in total. The molecule has 330 valence electrons. The molecule has 0 aromatic heterocycles. The van der Waals surface area contributed by atoms with Crippen molar-refractivity contribution >= 4 is 47.1 Å². The number of hydrogen-bond acceptors (Lipinski definition) is 5. The number of hydrogen-bond donors (Lipinski definition) is 0. The second-order valence-corrected chi connectivity index (χ2v) is 20.6. The molecule has 0 aliphatic heterocycles. The van der Waals surface area contributed by atoms with Gasteiger partial charge in [-0.25, -0.2) is 0 Å². The Morgan fingerprint density at radius 2 is 0.931 bits per heavy atom. The number of benzene rings is 2. The number of ether oxygens (including phenoxy) is 1. The quantitative estimate of drug-likeness (QED) is 0.0377. The molecule has 0 amide bonds. The molecule has 0 N–H and O–H groups in total. The molecule has 58 heavy (non-hydrogen) atoms. The maximum atomic E-state index is 12.9. The Morgan fingerprint density at radius 1 is 0.500 bits per heavy atom. The predicted molar refractivity (Wildman–Crippen MR) is 268 cm³/mol. The summed E-state index contributed by atoms with van der Waals surface area (Å²) in [7, 11) is 0. The minimum atomic E-state index is 0.0236. The summed E-state index contributed by atoms with van der Waals surface area (Å²) in [5.74, 6) is 4.75. The first-order chi connectivity index (χ1) is 28.6. The molecule has 0 fully saturated rings. The van der Waals surface area contributed by atoms with Gasteiger partial charge in [0.15, 0.2) is 5.78 Å². The Kier molecular flexibility index (Phi) is 35.2. The highest BCUT2D eigenvalue weighted by Crippen LogP contribution is 2.39. The van der Waals surface area contributed by atoms with Gasteiger partial charge in [0.2, 0.25) is 0 Å². The molecule has 0 saturated heterocycles. The van der Waals surface area contributed by atoms with E-state index in [0.29, 0.717) is 21.3 Å². The molecule has 5 heteroatoms. The lowest BCUT2D eigenvalue weighted by Crippen LogP contribution is -2.33. The second kappa shape index (κ2) is 38.6. The minimum absolute atomic E-state index is 0.0236. The standard InChI is InChI=1S/C53H88O2S3/c1-5-9-13-17-18-19-20-21-22-23-24-25-29-35-51(56-44-30-14-10-6-2)53(58-46-32-16-12-8-4)52(57-45-31-15-11-7-3)42-43-55-49-39-37-48(38-40-49)50(54)41-36-47-33-27-26-28-34-47/h26-28,33-34,36-41,51-53H,5-25,29-32,35,42-46H2,1-4H3. The van der Waals surface area contributed by atoms with E-state index in [4.69, 9.17) is 4.74 Å². The molecule has 2 aromatic rings. The fourth-order valence-electron chi connectivity index (χ4n) is 7.62. The molecule has 0 heterocycles. The van der Waals surface area contributed by atoms with E-state index in [9.17, 15) is 4.79 Å². The van der Waals surface area contributed by atoms with Crippen molar-refractivity contribution in [2.24, 2.45) is 0 Å². The maximum absolute atomic E-state index is 12.9. The van der Waals surface area contributed by atoms with Crippen molar-refractivity contribution in [2.75, 3.05) is 23.9 Å². The lowest BCUT2D eigenvalue weighted by atomic mass is 10.0. The minimum Gasteiger partial charge on any atom is -0.494 e. The maximum Gasteiger partial charge on any atom is 0.185 e. The molecule has 0 radical (unpaired) electrons. The first-order valence-corrected chi connectivity index (χ1v) is 27.6. The van der Waals surface area contributed by atoms with Gasteiger partial charge >= 0.3 is 0 Å². The third-order valence-electron chi connectivity index (χ3n) is 11.3. The molecule has 3 unspecified atom stereocenters. The van der Waals surface area contributed by atoms with Crippen LogP contribution in [0.25, 0.3) is 6.08 Å². The van der Waals surface area contributed by atoms with Gasteiger partial charge in [-0.1, -0.05) is 205 Å². The molecule has 3 atom stereocenters. The molecule has 0 bridgehead atoms. The SMILES string of the molecule is CCCCCCCCCCCCCCCC(SCCCCCC)C(SCCCCCC)C(CCOc1ccc(C(=O)C=Cc2ccccc2)cc1)SCCCCCC. The van der Waals surface area contributed by atoms with Gasteiger partial charge < -0.3 is 4.74 Å². The molecule has 2 rings (SSSR count).